The monoisotopic (exact) mass is 262 g/mol. The molecule has 0 bridgehead atoms. The van der Waals surface area contributed by atoms with Crippen molar-refractivity contribution in [2.24, 2.45) is 0 Å². The molecule has 0 atom stereocenters. The summed E-state index contributed by atoms with van der Waals surface area (Å²) in [5, 5.41) is 0. The molecule has 3 rings (SSSR count). The van der Waals surface area contributed by atoms with Gasteiger partial charge in [-0.15, -0.1) is 0 Å². The Labute approximate surface area is 117 Å². The lowest BCUT2D eigenvalue weighted by Crippen LogP contribution is -1.92. The molecule has 0 N–H and O–H groups in total. The smallest absolute Gasteiger partial charge is 0.159 e. The second-order valence-electron chi connectivity index (χ2n) is 4.36. The maximum absolute atomic E-state index is 5.24. The first kappa shape index (κ1) is 12.4. The minimum Gasteiger partial charge on any atom is -0.497 e. The van der Waals surface area contributed by atoms with Crippen LogP contribution in [0.5, 0.6) is 5.75 Å². The molecule has 0 unspecified atom stereocenters. The third-order valence-electron chi connectivity index (χ3n) is 3.05. The molecule has 3 aromatic rings. The van der Waals surface area contributed by atoms with Crippen molar-refractivity contribution >= 4 is 0 Å². The highest BCUT2D eigenvalue weighted by Gasteiger charge is 2.05. The number of nitrogens with zero attached hydrogens (tertiary/aromatic N) is 2. The Morgan fingerprint density at radius 2 is 1.65 bits per heavy atom. The van der Waals surface area contributed by atoms with Gasteiger partial charge < -0.3 is 4.74 Å². The Hall–Kier alpha value is -2.68. The van der Waals surface area contributed by atoms with Crippen molar-refractivity contribution in [3.05, 3.63) is 66.9 Å². The van der Waals surface area contributed by atoms with Gasteiger partial charge in [0.1, 0.15) is 5.75 Å². The normalized spacial score (nSPS) is 10.2. The van der Waals surface area contributed by atoms with Crippen LogP contribution >= 0.6 is 0 Å². The molecule has 0 aliphatic carbocycles. The number of hydrogen-bond donors (Lipinski definition) is 0. The van der Waals surface area contributed by atoms with Crippen LogP contribution in [0.3, 0.4) is 0 Å². The summed E-state index contributed by atoms with van der Waals surface area (Å²) in [7, 11) is 1.65. The summed E-state index contributed by atoms with van der Waals surface area (Å²) < 4.78 is 5.24. The molecule has 98 valence electrons. The topological polar surface area (TPSA) is 35.0 Å². The molecular formula is C17H14N2O. The second-order valence-corrected chi connectivity index (χ2v) is 4.36. The minimum atomic E-state index is 0.699. The predicted octanol–water partition coefficient (Wildman–Crippen LogP) is 3.82. The van der Waals surface area contributed by atoms with Gasteiger partial charge in [0, 0.05) is 17.3 Å². The van der Waals surface area contributed by atoms with E-state index in [9.17, 15) is 0 Å². The summed E-state index contributed by atoms with van der Waals surface area (Å²) in [4.78, 5) is 8.97. The molecule has 1 aromatic heterocycles. The van der Waals surface area contributed by atoms with Crippen LogP contribution < -0.4 is 4.74 Å². The second kappa shape index (κ2) is 5.53. The number of hydrogen-bond acceptors (Lipinski definition) is 3. The van der Waals surface area contributed by atoms with E-state index in [4.69, 9.17) is 4.74 Å². The first-order chi connectivity index (χ1) is 9.86. The molecule has 0 aliphatic heterocycles. The number of rotatable bonds is 3. The number of aromatic nitrogens is 2. The Bertz CT molecular complexity index is 711. The van der Waals surface area contributed by atoms with E-state index in [0.29, 0.717) is 5.82 Å². The van der Waals surface area contributed by atoms with E-state index in [-0.39, 0.29) is 0 Å². The zero-order chi connectivity index (χ0) is 13.8. The van der Waals surface area contributed by atoms with Crippen LogP contribution in [-0.2, 0) is 0 Å². The van der Waals surface area contributed by atoms with Gasteiger partial charge in [-0.1, -0.05) is 42.5 Å². The SMILES string of the molecule is COc1cccc(-c2nccc(-c3ccccc3)n2)c1. The van der Waals surface area contributed by atoms with Gasteiger partial charge in [-0.25, -0.2) is 9.97 Å². The summed E-state index contributed by atoms with van der Waals surface area (Å²) >= 11 is 0. The lowest BCUT2D eigenvalue weighted by Gasteiger charge is -2.05. The molecule has 0 radical (unpaired) electrons. The molecule has 0 saturated heterocycles. The first-order valence-electron chi connectivity index (χ1n) is 6.40. The van der Waals surface area contributed by atoms with E-state index in [1.54, 1.807) is 13.3 Å². The summed E-state index contributed by atoms with van der Waals surface area (Å²) in [6, 6.07) is 19.8. The molecule has 1 heterocycles. The summed E-state index contributed by atoms with van der Waals surface area (Å²) in [5.74, 6) is 1.50. The standard InChI is InChI=1S/C17H14N2O/c1-20-15-9-5-8-14(12-15)17-18-11-10-16(19-17)13-6-3-2-4-7-13/h2-12H,1H3. The zero-order valence-electron chi connectivity index (χ0n) is 11.2. The number of ether oxygens (including phenoxy) is 1. The Morgan fingerprint density at radius 3 is 2.45 bits per heavy atom. The summed E-state index contributed by atoms with van der Waals surface area (Å²) in [6.45, 7) is 0. The van der Waals surface area contributed by atoms with Crippen molar-refractivity contribution in [3.8, 4) is 28.4 Å². The maximum atomic E-state index is 5.24. The third-order valence-corrected chi connectivity index (χ3v) is 3.05. The van der Waals surface area contributed by atoms with Crippen molar-refractivity contribution in [2.75, 3.05) is 7.11 Å². The van der Waals surface area contributed by atoms with E-state index in [1.807, 2.05) is 60.7 Å². The fraction of sp³-hybridized carbons (Fsp3) is 0.0588. The fourth-order valence-electron chi connectivity index (χ4n) is 2.03. The van der Waals surface area contributed by atoms with Gasteiger partial charge in [0.15, 0.2) is 5.82 Å². The quantitative estimate of drug-likeness (QED) is 0.719. The molecule has 0 amide bonds. The average molecular weight is 262 g/mol. The number of benzene rings is 2. The summed E-state index contributed by atoms with van der Waals surface area (Å²) in [5.41, 5.74) is 2.94. The number of methoxy groups -OCH3 is 1. The maximum Gasteiger partial charge on any atom is 0.159 e. The van der Waals surface area contributed by atoms with Gasteiger partial charge in [0.25, 0.3) is 0 Å². The van der Waals surface area contributed by atoms with Crippen LogP contribution in [0, 0.1) is 0 Å². The van der Waals surface area contributed by atoms with Gasteiger partial charge in [-0.05, 0) is 18.2 Å². The molecule has 0 saturated carbocycles. The fourth-order valence-corrected chi connectivity index (χ4v) is 2.03. The Kier molecular flexibility index (Phi) is 3.42. The van der Waals surface area contributed by atoms with Crippen molar-refractivity contribution in [2.45, 2.75) is 0 Å². The predicted molar refractivity (Wildman–Crippen MR) is 79.5 cm³/mol. The molecular weight excluding hydrogens is 248 g/mol. The van der Waals surface area contributed by atoms with Gasteiger partial charge >= 0.3 is 0 Å². The molecule has 3 heteroatoms. The van der Waals surface area contributed by atoms with Gasteiger partial charge in [-0.2, -0.15) is 0 Å². The highest BCUT2D eigenvalue weighted by molar-refractivity contribution is 5.64. The van der Waals surface area contributed by atoms with Gasteiger partial charge in [0.05, 0.1) is 12.8 Å². The Morgan fingerprint density at radius 1 is 0.850 bits per heavy atom. The summed E-state index contributed by atoms with van der Waals surface area (Å²) in [6.07, 6.45) is 1.78. The van der Waals surface area contributed by atoms with Crippen LogP contribution in [0.4, 0.5) is 0 Å². The van der Waals surface area contributed by atoms with E-state index < -0.39 is 0 Å². The highest BCUT2D eigenvalue weighted by Crippen LogP contribution is 2.23. The van der Waals surface area contributed by atoms with Crippen LogP contribution in [0.2, 0.25) is 0 Å². The lowest BCUT2D eigenvalue weighted by molar-refractivity contribution is 0.415. The van der Waals surface area contributed by atoms with Crippen LogP contribution in [0.25, 0.3) is 22.6 Å². The average Bonchev–Trinajstić information content (AvgIpc) is 2.56. The molecule has 0 fully saturated rings. The van der Waals surface area contributed by atoms with E-state index in [0.717, 1.165) is 22.6 Å². The highest BCUT2D eigenvalue weighted by atomic mass is 16.5. The van der Waals surface area contributed by atoms with Crippen molar-refractivity contribution < 1.29 is 4.74 Å². The molecule has 2 aromatic carbocycles. The molecule has 0 spiro atoms. The van der Waals surface area contributed by atoms with Crippen LogP contribution in [0.1, 0.15) is 0 Å². The zero-order valence-corrected chi connectivity index (χ0v) is 11.2. The molecule has 0 aliphatic rings. The Balaban J connectivity index is 2.03. The van der Waals surface area contributed by atoms with Crippen LogP contribution in [-0.4, -0.2) is 17.1 Å². The van der Waals surface area contributed by atoms with Crippen molar-refractivity contribution in [1.82, 2.24) is 9.97 Å². The minimum absolute atomic E-state index is 0.699. The lowest BCUT2D eigenvalue weighted by atomic mass is 10.1. The van der Waals surface area contributed by atoms with Gasteiger partial charge in [0.2, 0.25) is 0 Å². The van der Waals surface area contributed by atoms with Crippen LogP contribution in [0.15, 0.2) is 66.9 Å². The molecule has 20 heavy (non-hydrogen) atoms. The van der Waals surface area contributed by atoms with E-state index in [2.05, 4.69) is 9.97 Å². The van der Waals surface area contributed by atoms with E-state index in [1.165, 1.54) is 0 Å². The first-order valence-corrected chi connectivity index (χ1v) is 6.40. The van der Waals surface area contributed by atoms with Crippen molar-refractivity contribution in [3.63, 3.8) is 0 Å². The third kappa shape index (κ3) is 2.52. The largest absolute Gasteiger partial charge is 0.497 e. The van der Waals surface area contributed by atoms with E-state index >= 15 is 0 Å². The van der Waals surface area contributed by atoms with Gasteiger partial charge in [-0.3, -0.25) is 0 Å². The molecule has 3 nitrogen and oxygen atoms in total. The van der Waals surface area contributed by atoms with Crippen molar-refractivity contribution in [1.29, 1.82) is 0 Å².